The van der Waals surface area contributed by atoms with Crippen molar-refractivity contribution >= 4 is 5.69 Å². The molecule has 2 unspecified atom stereocenters. The summed E-state index contributed by atoms with van der Waals surface area (Å²) in [5.41, 5.74) is 14.6. The molecule has 0 saturated carbocycles. The molecule has 7 nitrogen and oxygen atoms in total. The molecule has 1 aromatic rings. The molecule has 4 N–H and O–H groups in total. The molecule has 1 rings (SSSR count). The number of hydrogen-bond donors (Lipinski definition) is 3. The average molecular weight is 247 g/mol. The number of azide groups is 1. The smallest absolute Gasteiger partial charge is 0.105 e. The third kappa shape index (κ3) is 3.37. The van der Waals surface area contributed by atoms with Gasteiger partial charge in [0.25, 0.3) is 0 Å². The minimum Gasteiger partial charge on any atom is -0.398 e. The van der Waals surface area contributed by atoms with Gasteiger partial charge in [-0.1, -0.05) is 11.2 Å². The first-order valence-corrected chi connectivity index (χ1v) is 5.26. The van der Waals surface area contributed by atoms with Crippen LogP contribution in [0.2, 0.25) is 0 Å². The second kappa shape index (κ2) is 6.47. The zero-order valence-corrected chi connectivity index (χ0v) is 9.56. The van der Waals surface area contributed by atoms with Gasteiger partial charge in [-0.2, -0.15) is 5.26 Å². The van der Waals surface area contributed by atoms with Gasteiger partial charge in [-0.25, -0.2) is 0 Å². The van der Waals surface area contributed by atoms with E-state index in [1.807, 2.05) is 6.07 Å². The fraction of sp³-hybridized carbons (Fsp3) is 0.364. The van der Waals surface area contributed by atoms with Crippen molar-refractivity contribution in [1.29, 1.82) is 5.26 Å². The van der Waals surface area contributed by atoms with Gasteiger partial charge >= 0.3 is 0 Å². The zero-order valence-electron chi connectivity index (χ0n) is 9.56. The highest BCUT2D eigenvalue weighted by Crippen LogP contribution is 2.22. The largest absolute Gasteiger partial charge is 0.398 e. The third-order valence-electron chi connectivity index (χ3n) is 2.49. The van der Waals surface area contributed by atoms with Crippen LogP contribution in [0.3, 0.4) is 0 Å². The molecule has 0 amide bonds. The number of aliphatic hydroxyl groups excluding tert-OH is 2. The molecule has 0 aliphatic carbocycles. The van der Waals surface area contributed by atoms with Gasteiger partial charge in [0.05, 0.1) is 11.7 Å². The van der Waals surface area contributed by atoms with E-state index in [2.05, 4.69) is 10.0 Å². The van der Waals surface area contributed by atoms with Gasteiger partial charge < -0.3 is 15.9 Å². The van der Waals surface area contributed by atoms with Crippen LogP contribution in [0.4, 0.5) is 5.69 Å². The molecular weight excluding hydrogens is 234 g/mol. The maximum absolute atomic E-state index is 9.86. The van der Waals surface area contributed by atoms with Crippen LogP contribution in [0, 0.1) is 11.3 Å². The van der Waals surface area contributed by atoms with Crippen LogP contribution < -0.4 is 5.73 Å². The summed E-state index contributed by atoms with van der Waals surface area (Å²) in [5.74, 6) is 0. The molecule has 0 aliphatic heterocycles. The zero-order chi connectivity index (χ0) is 13.5. The number of anilines is 1. The monoisotopic (exact) mass is 247 g/mol. The van der Waals surface area contributed by atoms with Crippen LogP contribution >= 0.6 is 0 Å². The molecule has 2 atom stereocenters. The Morgan fingerprint density at radius 1 is 1.50 bits per heavy atom. The SMILES string of the molecule is N#Cc1cc(C(O)C(O)CCN=[N+]=[N-])ccc1N. The molecule has 0 bridgehead atoms. The van der Waals surface area contributed by atoms with E-state index in [0.29, 0.717) is 11.3 Å². The molecule has 0 radical (unpaired) electrons. The first-order chi connectivity index (χ1) is 8.60. The molecule has 94 valence electrons. The number of rotatable bonds is 5. The van der Waals surface area contributed by atoms with E-state index in [9.17, 15) is 10.2 Å². The molecule has 0 fully saturated rings. The van der Waals surface area contributed by atoms with Crippen LogP contribution in [0.25, 0.3) is 10.4 Å². The number of aliphatic hydroxyl groups is 2. The molecule has 7 heteroatoms. The number of hydrogen-bond acceptors (Lipinski definition) is 5. The Morgan fingerprint density at radius 2 is 2.22 bits per heavy atom. The van der Waals surface area contributed by atoms with E-state index < -0.39 is 12.2 Å². The van der Waals surface area contributed by atoms with Gasteiger partial charge in [-0.15, -0.1) is 0 Å². The van der Waals surface area contributed by atoms with Gasteiger partial charge in [0.2, 0.25) is 0 Å². The fourth-order valence-corrected chi connectivity index (χ4v) is 1.47. The standard InChI is InChI=1S/C11H13N5O2/c12-6-8-5-7(1-2-9(8)13)11(18)10(17)3-4-15-16-14/h1-2,5,10-11,17-18H,3-4,13H2. The van der Waals surface area contributed by atoms with Crippen LogP contribution in [0.15, 0.2) is 23.3 Å². The second-order valence-corrected chi connectivity index (χ2v) is 3.71. The molecule has 0 spiro atoms. The predicted molar refractivity (Wildman–Crippen MR) is 65.2 cm³/mol. The minimum atomic E-state index is -1.15. The van der Waals surface area contributed by atoms with Crippen molar-refractivity contribution in [3.05, 3.63) is 39.8 Å². The molecule has 0 aromatic heterocycles. The van der Waals surface area contributed by atoms with E-state index in [1.54, 1.807) is 0 Å². The summed E-state index contributed by atoms with van der Waals surface area (Å²) in [6, 6.07) is 6.36. The lowest BCUT2D eigenvalue weighted by Crippen LogP contribution is -2.19. The van der Waals surface area contributed by atoms with Gasteiger partial charge in [0.1, 0.15) is 12.2 Å². The topological polar surface area (TPSA) is 139 Å². The quantitative estimate of drug-likeness (QED) is 0.311. The van der Waals surface area contributed by atoms with Crippen molar-refractivity contribution in [2.45, 2.75) is 18.6 Å². The van der Waals surface area contributed by atoms with Crippen LogP contribution in [0.1, 0.15) is 23.7 Å². The minimum absolute atomic E-state index is 0.0921. The number of nitrogens with two attached hydrogens (primary N) is 1. The van der Waals surface area contributed by atoms with Gasteiger partial charge in [-0.3, -0.25) is 0 Å². The second-order valence-electron chi connectivity index (χ2n) is 3.71. The first-order valence-electron chi connectivity index (χ1n) is 5.26. The summed E-state index contributed by atoms with van der Waals surface area (Å²) in [4.78, 5) is 2.55. The lowest BCUT2D eigenvalue weighted by Gasteiger charge is -2.17. The Kier molecular flexibility index (Phi) is 4.96. The highest BCUT2D eigenvalue weighted by molar-refractivity contribution is 5.55. The molecule has 0 aliphatic rings. The van der Waals surface area contributed by atoms with Crippen LogP contribution in [-0.4, -0.2) is 22.9 Å². The van der Waals surface area contributed by atoms with Crippen LogP contribution in [0.5, 0.6) is 0 Å². The molecule has 0 saturated heterocycles. The lowest BCUT2D eigenvalue weighted by atomic mass is 9.99. The Hall–Kier alpha value is -2.26. The summed E-state index contributed by atoms with van der Waals surface area (Å²) < 4.78 is 0. The molecule has 18 heavy (non-hydrogen) atoms. The van der Waals surface area contributed by atoms with E-state index in [4.69, 9.17) is 16.5 Å². The Morgan fingerprint density at radius 3 is 2.83 bits per heavy atom. The fourth-order valence-electron chi connectivity index (χ4n) is 1.47. The van der Waals surface area contributed by atoms with Gasteiger partial charge in [0, 0.05) is 17.1 Å². The Labute approximate surface area is 104 Å². The first kappa shape index (κ1) is 13.8. The molecule has 0 heterocycles. The highest BCUT2D eigenvalue weighted by Gasteiger charge is 2.18. The highest BCUT2D eigenvalue weighted by atomic mass is 16.3. The summed E-state index contributed by atoms with van der Waals surface area (Å²) in [6.45, 7) is 0.0921. The van der Waals surface area contributed by atoms with Crippen molar-refractivity contribution < 1.29 is 10.2 Å². The van der Waals surface area contributed by atoms with E-state index in [-0.39, 0.29) is 18.5 Å². The molecular formula is C11H13N5O2. The van der Waals surface area contributed by atoms with Crippen molar-refractivity contribution in [1.82, 2.24) is 0 Å². The number of nitriles is 1. The normalized spacial score (nSPS) is 13.2. The van der Waals surface area contributed by atoms with Crippen molar-refractivity contribution in [3.63, 3.8) is 0 Å². The van der Waals surface area contributed by atoms with Crippen molar-refractivity contribution in [2.24, 2.45) is 5.11 Å². The maximum Gasteiger partial charge on any atom is 0.105 e. The van der Waals surface area contributed by atoms with E-state index in [0.717, 1.165) is 0 Å². The average Bonchev–Trinajstić information content (AvgIpc) is 2.38. The molecule has 1 aromatic carbocycles. The predicted octanol–water partition coefficient (Wildman–Crippen LogP) is 1.24. The number of nitrogens with zero attached hydrogens (tertiary/aromatic N) is 4. The van der Waals surface area contributed by atoms with Gasteiger partial charge in [0.15, 0.2) is 0 Å². The van der Waals surface area contributed by atoms with Crippen molar-refractivity contribution in [3.8, 4) is 6.07 Å². The van der Waals surface area contributed by atoms with E-state index >= 15 is 0 Å². The Bertz CT molecular complexity index is 505. The maximum atomic E-state index is 9.86. The number of nitrogen functional groups attached to an aromatic ring is 1. The summed E-state index contributed by atoms with van der Waals surface area (Å²) in [6.07, 6.45) is -2.07. The summed E-state index contributed by atoms with van der Waals surface area (Å²) >= 11 is 0. The number of benzene rings is 1. The van der Waals surface area contributed by atoms with Gasteiger partial charge in [-0.05, 0) is 29.6 Å². The summed E-state index contributed by atoms with van der Waals surface area (Å²) in [7, 11) is 0. The third-order valence-corrected chi connectivity index (χ3v) is 2.49. The van der Waals surface area contributed by atoms with Crippen LogP contribution in [-0.2, 0) is 0 Å². The summed E-state index contributed by atoms with van der Waals surface area (Å²) in [5, 5.41) is 31.6. The van der Waals surface area contributed by atoms with Crippen molar-refractivity contribution in [2.75, 3.05) is 12.3 Å². The van der Waals surface area contributed by atoms with E-state index in [1.165, 1.54) is 18.2 Å². The Balaban J connectivity index is 2.80. The lowest BCUT2D eigenvalue weighted by molar-refractivity contribution is 0.0150.